The van der Waals surface area contributed by atoms with Crippen molar-refractivity contribution in [3.63, 3.8) is 0 Å². The van der Waals surface area contributed by atoms with E-state index in [9.17, 15) is 14.7 Å². The number of phenols is 1. The summed E-state index contributed by atoms with van der Waals surface area (Å²) in [6.45, 7) is 7.04. The van der Waals surface area contributed by atoms with Crippen molar-refractivity contribution in [2.45, 2.75) is 33.6 Å². The molecule has 0 radical (unpaired) electrons. The van der Waals surface area contributed by atoms with Crippen molar-refractivity contribution in [1.29, 1.82) is 0 Å². The van der Waals surface area contributed by atoms with Crippen LogP contribution in [0.5, 0.6) is 5.75 Å². The highest BCUT2D eigenvalue weighted by Crippen LogP contribution is 2.39. The van der Waals surface area contributed by atoms with E-state index in [1.165, 1.54) is 6.92 Å². The first kappa shape index (κ1) is 16.8. The van der Waals surface area contributed by atoms with Crippen LogP contribution in [-0.2, 0) is 14.3 Å². The third-order valence-electron chi connectivity index (χ3n) is 3.84. The first-order chi connectivity index (χ1) is 10.9. The van der Waals surface area contributed by atoms with Gasteiger partial charge in [-0.05, 0) is 45.4 Å². The van der Waals surface area contributed by atoms with Crippen LogP contribution in [0.3, 0.4) is 0 Å². The van der Waals surface area contributed by atoms with E-state index in [4.69, 9.17) is 4.74 Å². The number of Topliss-reactive ketones (excluding diaryl/α,β-unsaturated/α-hetero) is 1. The van der Waals surface area contributed by atoms with Gasteiger partial charge in [-0.3, -0.25) is 4.79 Å². The Morgan fingerprint density at radius 3 is 2.43 bits per heavy atom. The number of esters is 1. The van der Waals surface area contributed by atoms with Crippen molar-refractivity contribution in [2.24, 2.45) is 0 Å². The van der Waals surface area contributed by atoms with Gasteiger partial charge in [0.05, 0.1) is 12.2 Å². The number of hydrogen-bond acceptors (Lipinski definition) is 5. The number of carbonyl (C=O) groups excluding carboxylic acids is 2. The molecule has 1 aliphatic rings. The molecule has 1 aromatic rings. The van der Waals surface area contributed by atoms with Crippen molar-refractivity contribution in [3.8, 4) is 5.75 Å². The van der Waals surface area contributed by atoms with Crippen LogP contribution in [0.2, 0.25) is 0 Å². The molecule has 0 bridgehead atoms. The van der Waals surface area contributed by atoms with Crippen molar-refractivity contribution in [2.75, 3.05) is 6.61 Å². The number of benzene rings is 1. The summed E-state index contributed by atoms with van der Waals surface area (Å²) in [5, 5.41) is 12.9. The van der Waals surface area contributed by atoms with Gasteiger partial charge in [0.2, 0.25) is 0 Å². The summed E-state index contributed by atoms with van der Waals surface area (Å²) in [4.78, 5) is 24.6. The number of phenolic OH excluding ortho intramolecular Hbond substituents is 1. The lowest BCUT2D eigenvalue weighted by molar-refractivity contribution is -0.138. The monoisotopic (exact) mass is 315 g/mol. The summed E-state index contributed by atoms with van der Waals surface area (Å²) in [6.07, 6.45) is 0. The molecule has 0 amide bonds. The van der Waals surface area contributed by atoms with Crippen LogP contribution in [0.1, 0.15) is 39.2 Å². The zero-order valence-electron chi connectivity index (χ0n) is 13.8. The Bertz CT molecular complexity index is 715. The zero-order valence-corrected chi connectivity index (χ0v) is 13.8. The molecule has 1 aromatic carbocycles. The van der Waals surface area contributed by atoms with Gasteiger partial charge >= 0.3 is 5.97 Å². The van der Waals surface area contributed by atoms with Crippen LogP contribution >= 0.6 is 0 Å². The number of ketones is 1. The normalized spacial score (nSPS) is 17.8. The fourth-order valence-corrected chi connectivity index (χ4v) is 2.98. The van der Waals surface area contributed by atoms with Crippen molar-refractivity contribution < 1.29 is 19.4 Å². The van der Waals surface area contributed by atoms with Gasteiger partial charge in [0.1, 0.15) is 5.75 Å². The molecule has 23 heavy (non-hydrogen) atoms. The lowest BCUT2D eigenvalue weighted by atomic mass is 9.79. The van der Waals surface area contributed by atoms with E-state index in [0.29, 0.717) is 28.1 Å². The molecule has 2 N–H and O–H groups in total. The average molecular weight is 315 g/mol. The van der Waals surface area contributed by atoms with Gasteiger partial charge in [-0.1, -0.05) is 12.1 Å². The average Bonchev–Trinajstić information content (AvgIpc) is 2.46. The summed E-state index contributed by atoms with van der Waals surface area (Å²) < 4.78 is 5.16. The first-order valence-electron chi connectivity index (χ1n) is 7.52. The highest BCUT2D eigenvalue weighted by Gasteiger charge is 2.35. The lowest BCUT2D eigenvalue weighted by Gasteiger charge is -2.30. The quantitative estimate of drug-likeness (QED) is 0.836. The maximum atomic E-state index is 12.4. The van der Waals surface area contributed by atoms with Crippen molar-refractivity contribution in [3.05, 3.63) is 52.4 Å². The van der Waals surface area contributed by atoms with Crippen LogP contribution in [0.4, 0.5) is 0 Å². The molecule has 1 atom stereocenters. The summed E-state index contributed by atoms with van der Waals surface area (Å²) in [5.74, 6) is -1.06. The number of aromatic hydroxyl groups is 1. The predicted octanol–water partition coefficient (Wildman–Crippen LogP) is 2.78. The van der Waals surface area contributed by atoms with Crippen LogP contribution in [0.25, 0.3) is 0 Å². The molecule has 0 aliphatic carbocycles. The van der Waals surface area contributed by atoms with Gasteiger partial charge in [0, 0.05) is 22.9 Å². The Morgan fingerprint density at radius 2 is 1.87 bits per heavy atom. The molecular weight excluding hydrogens is 294 g/mol. The van der Waals surface area contributed by atoms with Crippen LogP contribution in [0, 0.1) is 0 Å². The maximum absolute atomic E-state index is 12.4. The largest absolute Gasteiger partial charge is 0.508 e. The number of nitrogens with one attached hydrogen (secondary N) is 1. The Kier molecular flexibility index (Phi) is 4.89. The summed E-state index contributed by atoms with van der Waals surface area (Å²) in [6, 6.07) is 6.60. The van der Waals surface area contributed by atoms with Crippen molar-refractivity contribution >= 4 is 11.8 Å². The molecule has 5 heteroatoms. The number of carbonyl (C=O) groups is 2. The van der Waals surface area contributed by atoms with E-state index in [1.54, 1.807) is 45.0 Å². The summed E-state index contributed by atoms with van der Waals surface area (Å²) >= 11 is 0. The topological polar surface area (TPSA) is 75.6 Å². The van der Waals surface area contributed by atoms with Gasteiger partial charge in [0.25, 0.3) is 0 Å². The smallest absolute Gasteiger partial charge is 0.336 e. The first-order valence-corrected chi connectivity index (χ1v) is 7.52. The molecule has 0 fully saturated rings. The van der Waals surface area contributed by atoms with E-state index in [0.717, 1.165) is 0 Å². The molecule has 5 nitrogen and oxygen atoms in total. The minimum Gasteiger partial charge on any atom is -0.508 e. The number of rotatable bonds is 4. The second-order valence-electron chi connectivity index (χ2n) is 5.51. The SMILES string of the molecule is CCOC(=O)C1=C(C)NC(C)=C(C(C)=O)C1c1cccc(O)c1. The highest BCUT2D eigenvalue weighted by atomic mass is 16.5. The Morgan fingerprint density at radius 1 is 1.22 bits per heavy atom. The minimum absolute atomic E-state index is 0.0856. The van der Waals surface area contributed by atoms with Gasteiger partial charge < -0.3 is 15.2 Å². The number of hydrogen-bond donors (Lipinski definition) is 2. The van der Waals surface area contributed by atoms with Gasteiger partial charge in [0.15, 0.2) is 5.78 Å². The van der Waals surface area contributed by atoms with Gasteiger partial charge in [-0.2, -0.15) is 0 Å². The fourth-order valence-electron chi connectivity index (χ4n) is 2.98. The summed E-state index contributed by atoms with van der Waals surface area (Å²) in [5.41, 5.74) is 2.94. The second-order valence-corrected chi connectivity index (χ2v) is 5.51. The molecular formula is C18H21NO4. The molecule has 1 heterocycles. The molecule has 0 spiro atoms. The Labute approximate surface area is 135 Å². The van der Waals surface area contributed by atoms with Crippen molar-refractivity contribution in [1.82, 2.24) is 5.32 Å². The second kappa shape index (κ2) is 6.69. The molecule has 2 rings (SSSR count). The fraction of sp³-hybridized carbons (Fsp3) is 0.333. The summed E-state index contributed by atoms with van der Waals surface area (Å²) in [7, 11) is 0. The minimum atomic E-state index is -0.556. The number of allylic oxidation sites excluding steroid dienone is 3. The molecule has 0 saturated heterocycles. The van der Waals surface area contributed by atoms with Crippen LogP contribution < -0.4 is 5.32 Å². The lowest BCUT2D eigenvalue weighted by Crippen LogP contribution is -2.31. The Hall–Kier alpha value is -2.56. The standard InChI is InChI=1S/C18H21NO4/c1-5-23-18(22)16-11(3)19-10(2)15(12(4)20)17(16)13-7-6-8-14(21)9-13/h6-9,17,19,21H,5H2,1-4H3. The third kappa shape index (κ3) is 3.28. The van der Waals surface area contributed by atoms with E-state index < -0.39 is 11.9 Å². The molecule has 1 aliphatic heterocycles. The maximum Gasteiger partial charge on any atom is 0.336 e. The third-order valence-corrected chi connectivity index (χ3v) is 3.84. The number of dihydropyridines is 1. The van der Waals surface area contributed by atoms with Crippen LogP contribution in [0.15, 0.2) is 46.8 Å². The van der Waals surface area contributed by atoms with E-state index >= 15 is 0 Å². The molecule has 0 saturated carbocycles. The van der Waals surface area contributed by atoms with Gasteiger partial charge in [-0.15, -0.1) is 0 Å². The highest BCUT2D eigenvalue weighted by molar-refractivity contribution is 6.02. The zero-order chi connectivity index (χ0) is 17.1. The number of ether oxygens (including phenoxy) is 1. The van der Waals surface area contributed by atoms with E-state index in [2.05, 4.69) is 5.32 Å². The Balaban J connectivity index is 2.65. The molecule has 0 aromatic heterocycles. The van der Waals surface area contributed by atoms with Crippen LogP contribution in [-0.4, -0.2) is 23.5 Å². The van der Waals surface area contributed by atoms with E-state index in [-0.39, 0.29) is 18.1 Å². The molecule has 122 valence electrons. The van der Waals surface area contributed by atoms with Gasteiger partial charge in [-0.25, -0.2) is 4.79 Å². The van der Waals surface area contributed by atoms with E-state index in [1.807, 2.05) is 0 Å². The molecule has 1 unspecified atom stereocenters. The predicted molar refractivity (Wildman–Crippen MR) is 86.7 cm³/mol.